The molecule has 0 atom stereocenters. The Bertz CT molecular complexity index is 667. The first kappa shape index (κ1) is 15.6. The largest absolute Gasteiger partial charge is 0.337 e. The highest BCUT2D eigenvalue weighted by molar-refractivity contribution is 9.10. The van der Waals surface area contributed by atoms with Gasteiger partial charge in [-0.1, -0.05) is 34.1 Å². The highest BCUT2D eigenvalue weighted by atomic mass is 79.9. The van der Waals surface area contributed by atoms with E-state index in [-0.39, 0.29) is 6.54 Å². The van der Waals surface area contributed by atoms with Gasteiger partial charge in [0, 0.05) is 30.2 Å². The standard InChI is InChI=1S/C15H11BrF3NO/c1-20(8-9-4-2-3-5-11(9)16)15(21)14-12(18)6-10(17)7-13(14)19/h2-7H,8H2,1H3. The van der Waals surface area contributed by atoms with Gasteiger partial charge in [-0.15, -0.1) is 0 Å². The maximum absolute atomic E-state index is 13.6. The maximum atomic E-state index is 13.6. The molecule has 0 spiro atoms. The van der Waals surface area contributed by atoms with Crippen molar-refractivity contribution in [2.45, 2.75) is 6.54 Å². The summed E-state index contributed by atoms with van der Waals surface area (Å²) in [5.74, 6) is -4.33. The maximum Gasteiger partial charge on any atom is 0.259 e. The van der Waals surface area contributed by atoms with Gasteiger partial charge in [-0.05, 0) is 11.6 Å². The molecule has 0 N–H and O–H groups in total. The minimum Gasteiger partial charge on any atom is -0.337 e. The molecular formula is C15H11BrF3NO. The van der Waals surface area contributed by atoms with E-state index in [1.807, 2.05) is 6.07 Å². The third-order valence-electron chi connectivity index (χ3n) is 2.93. The quantitative estimate of drug-likeness (QED) is 0.808. The van der Waals surface area contributed by atoms with Crippen LogP contribution in [0.4, 0.5) is 13.2 Å². The fourth-order valence-corrected chi connectivity index (χ4v) is 2.30. The number of amides is 1. The van der Waals surface area contributed by atoms with Crippen molar-refractivity contribution in [3.05, 3.63) is 69.4 Å². The van der Waals surface area contributed by atoms with Crippen molar-refractivity contribution in [1.82, 2.24) is 4.90 Å². The van der Waals surface area contributed by atoms with Gasteiger partial charge in [0.05, 0.1) is 0 Å². The number of rotatable bonds is 3. The molecule has 110 valence electrons. The van der Waals surface area contributed by atoms with Crippen molar-refractivity contribution in [1.29, 1.82) is 0 Å². The third kappa shape index (κ3) is 3.44. The van der Waals surface area contributed by atoms with E-state index in [2.05, 4.69) is 15.9 Å². The number of halogens is 4. The van der Waals surface area contributed by atoms with E-state index < -0.39 is 28.9 Å². The molecule has 2 nitrogen and oxygen atoms in total. The smallest absolute Gasteiger partial charge is 0.259 e. The van der Waals surface area contributed by atoms with Crippen LogP contribution in [-0.2, 0) is 6.54 Å². The van der Waals surface area contributed by atoms with Crippen LogP contribution in [0.15, 0.2) is 40.9 Å². The lowest BCUT2D eigenvalue weighted by atomic mass is 10.1. The minimum atomic E-state index is -1.21. The Morgan fingerprint density at radius 1 is 1.14 bits per heavy atom. The lowest BCUT2D eigenvalue weighted by Crippen LogP contribution is -2.28. The van der Waals surface area contributed by atoms with Crippen molar-refractivity contribution in [2.75, 3.05) is 7.05 Å². The van der Waals surface area contributed by atoms with E-state index in [1.165, 1.54) is 11.9 Å². The summed E-state index contributed by atoms with van der Waals surface area (Å²) in [4.78, 5) is 13.3. The average Bonchev–Trinajstić information content (AvgIpc) is 2.40. The first-order valence-electron chi connectivity index (χ1n) is 6.03. The number of hydrogen-bond acceptors (Lipinski definition) is 1. The first-order valence-corrected chi connectivity index (χ1v) is 6.83. The Hall–Kier alpha value is -1.82. The van der Waals surface area contributed by atoms with Crippen LogP contribution in [0.2, 0.25) is 0 Å². The summed E-state index contributed by atoms with van der Waals surface area (Å²) >= 11 is 3.33. The van der Waals surface area contributed by atoms with Crippen LogP contribution in [-0.4, -0.2) is 17.9 Å². The fourth-order valence-electron chi connectivity index (χ4n) is 1.89. The van der Waals surface area contributed by atoms with Gasteiger partial charge in [0.2, 0.25) is 0 Å². The summed E-state index contributed by atoms with van der Waals surface area (Å²) in [5, 5.41) is 0. The Labute approximate surface area is 128 Å². The van der Waals surface area contributed by atoms with Crippen LogP contribution in [0.25, 0.3) is 0 Å². The van der Waals surface area contributed by atoms with E-state index in [1.54, 1.807) is 18.2 Å². The Morgan fingerprint density at radius 2 is 1.71 bits per heavy atom. The minimum absolute atomic E-state index is 0.163. The zero-order chi connectivity index (χ0) is 15.6. The molecule has 2 aromatic carbocycles. The number of carbonyl (C=O) groups excluding carboxylic acids is 1. The van der Waals surface area contributed by atoms with Gasteiger partial charge < -0.3 is 4.90 Å². The van der Waals surface area contributed by atoms with Crippen molar-refractivity contribution < 1.29 is 18.0 Å². The van der Waals surface area contributed by atoms with Crippen LogP contribution in [0.1, 0.15) is 15.9 Å². The summed E-state index contributed by atoms with van der Waals surface area (Å²) in [5.41, 5.74) is 0.0298. The molecule has 0 bridgehead atoms. The van der Waals surface area contributed by atoms with Gasteiger partial charge in [-0.25, -0.2) is 13.2 Å². The molecule has 21 heavy (non-hydrogen) atoms. The van der Waals surface area contributed by atoms with Crippen LogP contribution < -0.4 is 0 Å². The molecule has 0 fully saturated rings. The summed E-state index contributed by atoms with van der Waals surface area (Å²) < 4.78 is 40.9. The zero-order valence-electron chi connectivity index (χ0n) is 11.0. The predicted octanol–water partition coefficient (Wildman–Crippen LogP) is 4.14. The fraction of sp³-hybridized carbons (Fsp3) is 0.133. The molecule has 0 unspecified atom stereocenters. The molecule has 0 heterocycles. The third-order valence-corrected chi connectivity index (χ3v) is 3.71. The monoisotopic (exact) mass is 357 g/mol. The second-order valence-corrected chi connectivity index (χ2v) is 5.35. The van der Waals surface area contributed by atoms with Crippen molar-refractivity contribution in [3.8, 4) is 0 Å². The molecule has 0 aromatic heterocycles. The molecular weight excluding hydrogens is 347 g/mol. The molecule has 2 aromatic rings. The van der Waals surface area contributed by atoms with E-state index >= 15 is 0 Å². The number of benzene rings is 2. The summed E-state index contributed by atoms with van der Waals surface area (Å²) in [6.07, 6.45) is 0. The SMILES string of the molecule is CN(Cc1ccccc1Br)C(=O)c1c(F)cc(F)cc1F. The van der Waals surface area contributed by atoms with Crippen molar-refractivity contribution >= 4 is 21.8 Å². The summed E-state index contributed by atoms with van der Waals surface area (Å²) in [7, 11) is 1.42. The molecule has 0 radical (unpaired) electrons. The van der Waals surface area contributed by atoms with Crippen LogP contribution in [0, 0.1) is 17.5 Å². The lowest BCUT2D eigenvalue weighted by Gasteiger charge is -2.18. The van der Waals surface area contributed by atoms with Gasteiger partial charge in [0.25, 0.3) is 5.91 Å². The lowest BCUT2D eigenvalue weighted by molar-refractivity contribution is 0.0775. The average molecular weight is 358 g/mol. The second-order valence-electron chi connectivity index (χ2n) is 4.50. The van der Waals surface area contributed by atoms with Gasteiger partial charge in [0.15, 0.2) is 0 Å². The predicted molar refractivity (Wildman–Crippen MR) is 76.3 cm³/mol. The number of nitrogens with zero attached hydrogens (tertiary/aromatic N) is 1. The second kappa shape index (κ2) is 6.30. The van der Waals surface area contributed by atoms with Gasteiger partial charge >= 0.3 is 0 Å². The van der Waals surface area contributed by atoms with E-state index in [0.717, 1.165) is 10.0 Å². The molecule has 0 aliphatic carbocycles. The Morgan fingerprint density at radius 3 is 2.29 bits per heavy atom. The first-order chi connectivity index (χ1) is 9.90. The topological polar surface area (TPSA) is 20.3 Å². The molecule has 2 rings (SSSR count). The van der Waals surface area contributed by atoms with Crippen molar-refractivity contribution in [3.63, 3.8) is 0 Å². The normalized spacial score (nSPS) is 10.5. The Balaban J connectivity index is 2.26. The number of hydrogen-bond donors (Lipinski definition) is 0. The zero-order valence-corrected chi connectivity index (χ0v) is 12.6. The van der Waals surface area contributed by atoms with Gasteiger partial charge in [-0.2, -0.15) is 0 Å². The van der Waals surface area contributed by atoms with E-state index in [4.69, 9.17) is 0 Å². The molecule has 0 saturated heterocycles. The molecule has 6 heteroatoms. The molecule has 0 aliphatic rings. The molecule has 1 amide bonds. The van der Waals surface area contributed by atoms with Gasteiger partial charge in [0.1, 0.15) is 23.0 Å². The summed E-state index contributed by atoms with van der Waals surface area (Å²) in [6.45, 7) is 0.163. The van der Waals surface area contributed by atoms with Crippen LogP contribution >= 0.6 is 15.9 Å². The van der Waals surface area contributed by atoms with Crippen LogP contribution in [0.5, 0.6) is 0 Å². The van der Waals surface area contributed by atoms with E-state index in [9.17, 15) is 18.0 Å². The summed E-state index contributed by atoms with van der Waals surface area (Å²) in [6, 6.07) is 8.16. The number of carbonyl (C=O) groups is 1. The Kier molecular flexibility index (Phi) is 4.67. The molecule has 0 saturated carbocycles. The van der Waals surface area contributed by atoms with Crippen LogP contribution in [0.3, 0.4) is 0 Å². The van der Waals surface area contributed by atoms with Crippen molar-refractivity contribution in [2.24, 2.45) is 0 Å². The van der Waals surface area contributed by atoms with E-state index in [0.29, 0.717) is 12.1 Å². The van der Waals surface area contributed by atoms with Gasteiger partial charge in [-0.3, -0.25) is 4.79 Å². The highest BCUT2D eigenvalue weighted by Crippen LogP contribution is 2.20. The highest BCUT2D eigenvalue weighted by Gasteiger charge is 2.22. The molecule has 0 aliphatic heterocycles.